The average Bonchev–Trinajstić information content (AvgIpc) is 2.34. The van der Waals surface area contributed by atoms with Gasteiger partial charge in [-0.1, -0.05) is 27.7 Å². The minimum atomic E-state index is -0.861. The van der Waals surface area contributed by atoms with E-state index in [1.807, 2.05) is 27.7 Å². The molecule has 0 bridgehead atoms. The molecule has 2 unspecified atom stereocenters. The zero-order chi connectivity index (χ0) is 16.4. The van der Waals surface area contributed by atoms with E-state index in [1.165, 1.54) is 0 Å². The number of ether oxygens (including phenoxy) is 1. The molecule has 0 aliphatic carbocycles. The van der Waals surface area contributed by atoms with Crippen molar-refractivity contribution >= 4 is 11.7 Å². The zero-order valence-electron chi connectivity index (χ0n) is 13.2. The molecule has 0 aliphatic rings. The second-order valence-corrected chi connectivity index (χ2v) is 6.27. The minimum absolute atomic E-state index is 0.147. The molecule has 0 saturated heterocycles. The molecular weight excluding hydrogens is 276 g/mol. The largest absolute Gasteiger partial charge is 0.466 e. The summed E-state index contributed by atoms with van der Waals surface area (Å²) in [4.78, 5) is 12.3. The molecule has 1 aromatic carbocycles. The Bertz CT molecular complexity index is 524. The normalized spacial score (nSPS) is 14.6. The number of carbonyl (C=O) groups excluding carboxylic acids is 1. The second kappa shape index (κ2) is 6.41. The van der Waals surface area contributed by atoms with Crippen LogP contribution in [0.4, 0.5) is 14.5 Å². The molecule has 0 spiro atoms. The van der Waals surface area contributed by atoms with Gasteiger partial charge in [-0.3, -0.25) is 4.79 Å². The summed E-state index contributed by atoms with van der Waals surface area (Å²) in [5.41, 5.74) is 5.40. The molecule has 0 aromatic heterocycles. The van der Waals surface area contributed by atoms with Crippen LogP contribution >= 0.6 is 0 Å². The van der Waals surface area contributed by atoms with Crippen molar-refractivity contribution in [3.63, 3.8) is 0 Å². The summed E-state index contributed by atoms with van der Waals surface area (Å²) < 4.78 is 32.3. The minimum Gasteiger partial charge on any atom is -0.466 e. The van der Waals surface area contributed by atoms with Gasteiger partial charge in [0, 0.05) is 6.07 Å². The van der Waals surface area contributed by atoms with Crippen LogP contribution in [-0.4, -0.2) is 12.6 Å². The highest BCUT2D eigenvalue weighted by Crippen LogP contribution is 2.41. The van der Waals surface area contributed by atoms with Gasteiger partial charge in [0.25, 0.3) is 0 Å². The molecule has 0 aliphatic heterocycles. The molecule has 3 nitrogen and oxygen atoms in total. The third-order valence-electron chi connectivity index (χ3n) is 3.87. The zero-order valence-corrected chi connectivity index (χ0v) is 13.2. The topological polar surface area (TPSA) is 52.3 Å². The molecule has 0 radical (unpaired) electrons. The van der Waals surface area contributed by atoms with Crippen LogP contribution in [0.15, 0.2) is 12.1 Å². The molecule has 1 rings (SSSR count). The van der Waals surface area contributed by atoms with Crippen LogP contribution in [0.3, 0.4) is 0 Å². The van der Waals surface area contributed by atoms with Crippen molar-refractivity contribution in [1.29, 1.82) is 0 Å². The van der Waals surface area contributed by atoms with E-state index in [0.717, 1.165) is 6.07 Å². The van der Waals surface area contributed by atoms with Crippen LogP contribution in [0.2, 0.25) is 0 Å². The highest BCUT2D eigenvalue weighted by Gasteiger charge is 2.37. The van der Waals surface area contributed by atoms with Crippen molar-refractivity contribution in [3.05, 3.63) is 29.3 Å². The standard InChI is InChI=1S/C16H23F2NO2/c1-6-21-15(20)13(9(2)16(3,4)5)11-7-10(17)8-12(18)14(11)19/h7-9,13H,6,19H2,1-5H3. The molecule has 5 heteroatoms. The number of anilines is 1. The number of nitrogen functional groups attached to an aromatic ring is 1. The maximum absolute atomic E-state index is 13.7. The van der Waals surface area contributed by atoms with Crippen molar-refractivity contribution in [3.8, 4) is 0 Å². The molecule has 21 heavy (non-hydrogen) atoms. The lowest BCUT2D eigenvalue weighted by atomic mass is 9.71. The Morgan fingerprint density at radius 1 is 1.33 bits per heavy atom. The van der Waals surface area contributed by atoms with Crippen molar-refractivity contribution in [2.24, 2.45) is 11.3 Å². The number of halogens is 2. The summed E-state index contributed by atoms with van der Waals surface area (Å²) in [5.74, 6) is -3.15. The molecule has 0 heterocycles. The van der Waals surface area contributed by atoms with E-state index in [-0.39, 0.29) is 29.2 Å². The number of esters is 1. The van der Waals surface area contributed by atoms with E-state index in [2.05, 4.69) is 0 Å². The molecule has 0 fully saturated rings. The summed E-state index contributed by atoms with van der Waals surface area (Å²) in [6.45, 7) is 9.60. The fourth-order valence-electron chi connectivity index (χ4n) is 2.19. The molecule has 2 N–H and O–H groups in total. The number of nitrogens with two attached hydrogens (primary N) is 1. The van der Waals surface area contributed by atoms with Crippen LogP contribution in [0.25, 0.3) is 0 Å². The van der Waals surface area contributed by atoms with E-state index in [4.69, 9.17) is 10.5 Å². The summed E-state index contributed by atoms with van der Waals surface area (Å²) in [7, 11) is 0. The molecule has 0 amide bonds. The first-order valence-corrected chi connectivity index (χ1v) is 7.00. The van der Waals surface area contributed by atoms with Gasteiger partial charge in [0.15, 0.2) is 0 Å². The van der Waals surface area contributed by atoms with E-state index >= 15 is 0 Å². The van der Waals surface area contributed by atoms with E-state index < -0.39 is 23.5 Å². The number of benzene rings is 1. The van der Waals surface area contributed by atoms with Gasteiger partial charge < -0.3 is 10.5 Å². The van der Waals surface area contributed by atoms with Gasteiger partial charge in [0.2, 0.25) is 0 Å². The number of hydrogen-bond acceptors (Lipinski definition) is 3. The quantitative estimate of drug-likeness (QED) is 0.678. The SMILES string of the molecule is CCOC(=O)C(c1cc(F)cc(F)c1N)C(C)C(C)(C)C. The van der Waals surface area contributed by atoms with Gasteiger partial charge in [-0.25, -0.2) is 8.78 Å². The lowest BCUT2D eigenvalue weighted by Gasteiger charge is -2.33. The Hall–Kier alpha value is -1.65. The van der Waals surface area contributed by atoms with Gasteiger partial charge in [-0.15, -0.1) is 0 Å². The molecule has 0 saturated carbocycles. The molecule has 1 aromatic rings. The van der Waals surface area contributed by atoms with Crippen LogP contribution in [0.5, 0.6) is 0 Å². The summed E-state index contributed by atoms with van der Waals surface area (Å²) in [5, 5.41) is 0. The smallest absolute Gasteiger partial charge is 0.313 e. The van der Waals surface area contributed by atoms with Gasteiger partial charge in [-0.05, 0) is 29.9 Å². The molecular formula is C16H23F2NO2. The second-order valence-electron chi connectivity index (χ2n) is 6.27. The van der Waals surface area contributed by atoms with Crippen molar-refractivity contribution < 1.29 is 18.3 Å². The maximum Gasteiger partial charge on any atom is 0.313 e. The first-order valence-electron chi connectivity index (χ1n) is 7.00. The first kappa shape index (κ1) is 17.4. The Labute approximate surface area is 124 Å². The van der Waals surface area contributed by atoms with E-state index in [9.17, 15) is 13.6 Å². The highest BCUT2D eigenvalue weighted by molar-refractivity contribution is 5.81. The average molecular weight is 299 g/mol. The maximum atomic E-state index is 13.7. The first-order chi connectivity index (χ1) is 9.59. The lowest BCUT2D eigenvalue weighted by Crippen LogP contribution is -2.31. The van der Waals surface area contributed by atoms with Gasteiger partial charge in [0.05, 0.1) is 18.2 Å². The van der Waals surface area contributed by atoms with Crippen molar-refractivity contribution in [1.82, 2.24) is 0 Å². The Morgan fingerprint density at radius 3 is 2.38 bits per heavy atom. The third-order valence-corrected chi connectivity index (χ3v) is 3.87. The molecule has 2 atom stereocenters. The number of rotatable bonds is 4. The number of carbonyl (C=O) groups is 1. The number of hydrogen-bond donors (Lipinski definition) is 1. The van der Waals surface area contributed by atoms with Crippen molar-refractivity contribution in [2.45, 2.75) is 40.5 Å². The van der Waals surface area contributed by atoms with Crippen LogP contribution in [-0.2, 0) is 9.53 Å². The molecule has 118 valence electrons. The van der Waals surface area contributed by atoms with E-state index in [1.54, 1.807) is 6.92 Å². The lowest BCUT2D eigenvalue weighted by molar-refractivity contribution is -0.147. The predicted octanol–water partition coefficient (Wildman–Crippen LogP) is 3.88. The third kappa shape index (κ3) is 3.93. The Kier molecular flexibility index (Phi) is 5.31. The summed E-state index contributed by atoms with van der Waals surface area (Å²) in [6, 6.07) is 1.82. The van der Waals surface area contributed by atoms with Crippen LogP contribution < -0.4 is 5.73 Å². The van der Waals surface area contributed by atoms with Crippen LogP contribution in [0, 0.1) is 23.0 Å². The van der Waals surface area contributed by atoms with Crippen LogP contribution in [0.1, 0.15) is 46.1 Å². The Morgan fingerprint density at radius 2 is 1.90 bits per heavy atom. The van der Waals surface area contributed by atoms with Gasteiger partial charge in [-0.2, -0.15) is 0 Å². The van der Waals surface area contributed by atoms with Gasteiger partial charge >= 0.3 is 5.97 Å². The summed E-state index contributed by atoms with van der Waals surface area (Å²) >= 11 is 0. The monoisotopic (exact) mass is 299 g/mol. The summed E-state index contributed by atoms with van der Waals surface area (Å²) in [6.07, 6.45) is 0. The highest BCUT2D eigenvalue weighted by atomic mass is 19.1. The fourth-order valence-corrected chi connectivity index (χ4v) is 2.19. The van der Waals surface area contributed by atoms with E-state index in [0.29, 0.717) is 6.07 Å². The van der Waals surface area contributed by atoms with Crippen molar-refractivity contribution in [2.75, 3.05) is 12.3 Å². The fraction of sp³-hybridized carbons (Fsp3) is 0.562. The predicted molar refractivity (Wildman–Crippen MR) is 78.8 cm³/mol. The Balaban J connectivity index is 3.41. The van der Waals surface area contributed by atoms with Gasteiger partial charge in [0.1, 0.15) is 11.6 Å².